The monoisotopic (exact) mass is 470 g/mol. The summed E-state index contributed by atoms with van der Waals surface area (Å²) in [6, 6.07) is 7.65. The van der Waals surface area contributed by atoms with Crippen LogP contribution in [0.1, 0.15) is 41.8 Å². The molecule has 168 valence electrons. The minimum Gasteiger partial charge on any atom is -0.489 e. The number of aryl methyl sites for hydroxylation is 1. The average Bonchev–Trinajstić information content (AvgIpc) is 2.66. The van der Waals surface area contributed by atoms with Gasteiger partial charge in [0.2, 0.25) is 0 Å². The summed E-state index contributed by atoms with van der Waals surface area (Å²) < 4.78 is 52.4. The Kier molecular flexibility index (Phi) is 6.50. The summed E-state index contributed by atoms with van der Waals surface area (Å²) in [6.07, 6.45) is 1.83. The number of amides is 1. The highest BCUT2D eigenvalue weighted by Gasteiger charge is 2.27. The molecule has 1 N–H and O–H groups in total. The number of nitrogens with zero attached hydrogens (tertiary/aromatic N) is 1. The third kappa shape index (κ3) is 5.47. The van der Waals surface area contributed by atoms with Crippen molar-refractivity contribution >= 4 is 27.7 Å². The van der Waals surface area contributed by atoms with Crippen molar-refractivity contribution in [3.05, 3.63) is 57.9 Å². The van der Waals surface area contributed by atoms with Gasteiger partial charge in [-0.15, -0.1) is 0 Å². The molecule has 0 aromatic heterocycles. The van der Waals surface area contributed by atoms with Gasteiger partial charge in [-0.2, -0.15) is 12.7 Å². The first kappa shape index (κ1) is 23.3. The quantitative estimate of drug-likeness (QED) is 0.695. The van der Waals surface area contributed by atoms with Crippen LogP contribution < -0.4 is 14.2 Å². The third-order valence-corrected chi connectivity index (χ3v) is 6.66. The number of halogens is 2. The van der Waals surface area contributed by atoms with Gasteiger partial charge in [-0.1, -0.05) is 17.7 Å². The molecular formula is C21H24ClFN2O5S. The Labute approximate surface area is 186 Å². The van der Waals surface area contributed by atoms with E-state index in [1.165, 1.54) is 14.1 Å². The number of hydrogen-bond donors (Lipinski definition) is 1. The molecule has 0 radical (unpaired) electrons. The fourth-order valence-electron chi connectivity index (χ4n) is 3.01. The second-order valence-electron chi connectivity index (χ2n) is 8.06. The minimum atomic E-state index is -4.06. The van der Waals surface area contributed by atoms with Crippen LogP contribution in [0.3, 0.4) is 0 Å². The third-order valence-electron chi connectivity index (χ3n) is 4.90. The van der Waals surface area contributed by atoms with Crippen molar-refractivity contribution in [1.82, 2.24) is 9.03 Å². The van der Waals surface area contributed by atoms with Crippen LogP contribution in [-0.2, 0) is 23.2 Å². The van der Waals surface area contributed by atoms with E-state index in [4.69, 9.17) is 21.1 Å². The van der Waals surface area contributed by atoms with E-state index >= 15 is 0 Å². The summed E-state index contributed by atoms with van der Waals surface area (Å²) in [5.41, 5.74) is 0.668. The Morgan fingerprint density at radius 1 is 1.29 bits per heavy atom. The second-order valence-corrected chi connectivity index (χ2v) is 10.4. The molecule has 10 heteroatoms. The Hall–Kier alpha value is -2.36. The number of carbonyl (C=O) groups is 1. The fraction of sp³-hybridized carbons (Fsp3) is 0.381. The number of benzene rings is 2. The van der Waals surface area contributed by atoms with Crippen LogP contribution in [0, 0.1) is 5.82 Å². The molecular weight excluding hydrogens is 447 g/mol. The van der Waals surface area contributed by atoms with Crippen molar-refractivity contribution in [3.63, 3.8) is 0 Å². The average molecular weight is 471 g/mol. The number of fused-ring (bicyclic) bond motifs is 1. The van der Waals surface area contributed by atoms with Gasteiger partial charge in [0.05, 0.1) is 5.56 Å². The molecule has 0 saturated carbocycles. The molecule has 0 atom stereocenters. The molecule has 2 aromatic rings. The summed E-state index contributed by atoms with van der Waals surface area (Å²) in [5, 5.41) is 0.0733. The minimum absolute atomic E-state index is 0.0458. The Morgan fingerprint density at radius 2 is 2.00 bits per heavy atom. The van der Waals surface area contributed by atoms with Crippen LogP contribution in [0.25, 0.3) is 0 Å². The van der Waals surface area contributed by atoms with Crippen molar-refractivity contribution in [2.24, 2.45) is 0 Å². The zero-order valence-corrected chi connectivity index (χ0v) is 19.2. The lowest BCUT2D eigenvalue weighted by atomic mass is 9.94. The van der Waals surface area contributed by atoms with Gasteiger partial charge in [0.1, 0.15) is 29.5 Å². The number of hydrogen-bond acceptors (Lipinski definition) is 5. The molecule has 31 heavy (non-hydrogen) atoms. The number of carbonyl (C=O) groups excluding carboxylic acids is 1. The van der Waals surface area contributed by atoms with Crippen molar-refractivity contribution in [3.8, 4) is 11.5 Å². The van der Waals surface area contributed by atoms with Gasteiger partial charge < -0.3 is 9.47 Å². The predicted octanol–water partition coefficient (Wildman–Crippen LogP) is 3.70. The smallest absolute Gasteiger partial charge is 0.303 e. The SMILES string of the molecule is CN(C)S(=O)(=O)NC(=O)c1cc(Cl)c(COc2ccc3c(c2)OC(C)(C)CC3)cc1F. The Balaban J connectivity index is 1.74. The fourth-order valence-corrected chi connectivity index (χ4v) is 3.75. The molecule has 2 aromatic carbocycles. The molecule has 3 rings (SSSR count). The van der Waals surface area contributed by atoms with E-state index in [2.05, 4.69) is 0 Å². The van der Waals surface area contributed by atoms with Gasteiger partial charge >= 0.3 is 10.2 Å². The van der Waals surface area contributed by atoms with E-state index in [1.807, 2.05) is 19.9 Å². The lowest BCUT2D eigenvalue weighted by Gasteiger charge is -2.32. The molecule has 1 aliphatic heterocycles. The molecule has 1 amide bonds. The first-order valence-electron chi connectivity index (χ1n) is 9.55. The largest absolute Gasteiger partial charge is 0.489 e. The van der Waals surface area contributed by atoms with Crippen LogP contribution in [0.4, 0.5) is 4.39 Å². The highest BCUT2D eigenvalue weighted by atomic mass is 35.5. The van der Waals surface area contributed by atoms with Crippen LogP contribution in [-0.4, -0.2) is 38.3 Å². The van der Waals surface area contributed by atoms with Gasteiger partial charge in [-0.25, -0.2) is 9.11 Å². The zero-order valence-electron chi connectivity index (χ0n) is 17.7. The maximum absolute atomic E-state index is 14.5. The van der Waals surface area contributed by atoms with Crippen molar-refractivity contribution < 1.29 is 27.1 Å². The molecule has 0 unspecified atom stereocenters. The van der Waals surface area contributed by atoms with E-state index < -0.39 is 27.5 Å². The number of rotatable bonds is 6. The Bertz CT molecular complexity index is 1120. The van der Waals surface area contributed by atoms with E-state index in [0.717, 1.165) is 40.6 Å². The van der Waals surface area contributed by atoms with E-state index in [9.17, 15) is 17.6 Å². The standard InChI is InChI=1S/C21H24ClFN2O5S/c1-21(2)8-7-13-5-6-15(10-19(13)30-21)29-12-14-9-18(23)16(11-17(14)22)20(26)24-31(27,28)25(3)4/h5-6,9-11H,7-8,12H2,1-4H3,(H,24,26). The van der Waals surface area contributed by atoms with Gasteiger partial charge in [-0.05, 0) is 50.5 Å². The number of nitrogens with one attached hydrogen (secondary N) is 1. The first-order valence-corrected chi connectivity index (χ1v) is 11.4. The van der Waals surface area contributed by atoms with Gasteiger partial charge in [0.25, 0.3) is 5.91 Å². The second kappa shape index (κ2) is 8.64. The zero-order chi connectivity index (χ0) is 23.0. The van der Waals surface area contributed by atoms with Gasteiger partial charge in [-0.3, -0.25) is 4.79 Å². The van der Waals surface area contributed by atoms with E-state index in [1.54, 1.807) is 16.9 Å². The molecule has 0 saturated heterocycles. The molecule has 0 fully saturated rings. The van der Waals surface area contributed by atoms with Crippen molar-refractivity contribution in [2.75, 3.05) is 14.1 Å². The highest BCUT2D eigenvalue weighted by molar-refractivity contribution is 7.87. The summed E-state index contributed by atoms with van der Waals surface area (Å²) >= 11 is 6.19. The molecule has 0 bridgehead atoms. The molecule has 7 nitrogen and oxygen atoms in total. The van der Waals surface area contributed by atoms with Crippen LogP contribution in [0.2, 0.25) is 5.02 Å². The van der Waals surface area contributed by atoms with E-state index in [-0.39, 0.29) is 17.2 Å². The van der Waals surface area contributed by atoms with Crippen LogP contribution >= 0.6 is 11.6 Å². The maximum Gasteiger partial charge on any atom is 0.303 e. The normalized spacial score (nSPS) is 15.2. The summed E-state index contributed by atoms with van der Waals surface area (Å²) in [5.74, 6) is -0.744. The topological polar surface area (TPSA) is 84.9 Å². The van der Waals surface area contributed by atoms with Gasteiger partial charge in [0, 0.05) is 30.7 Å². The number of ether oxygens (including phenoxy) is 2. The molecule has 0 spiro atoms. The summed E-state index contributed by atoms with van der Waals surface area (Å²) in [6.45, 7) is 4.00. The lowest BCUT2D eigenvalue weighted by Crippen LogP contribution is -2.39. The van der Waals surface area contributed by atoms with Crippen LogP contribution in [0.15, 0.2) is 30.3 Å². The molecule has 1 heterocycles. The maximum atomic E-state index is 14.5. The van der Waals surface area contributed by atoms with Crippen molar-refractivity contribution in [1.29, 1.82) is 0 Å². The Morgan fingerprint density at radius 3 is 2.68 bits per heavy atom. The molecule has 1 aliphatic rings. The lowest BCUT2D eigenvalue weighted by molar-refractivity contribution is 0.0841. The predicted molar refractivity (Wildman–Crippen MR) is 115 cm³/mol. The first-order chi connectivity index (χ1) is 14.4. The van der Waals surface area contributed by atoms with Crippen molar-refractivity contribution in [2.45, 2.75) is 38.9 Å². The van der Waals surface area contributed by atoms with E-state index in [0.29, 0.717) is 11.3 Å². The van der Waals surface area contributed by atoms with Gasteiger partial charge in [0.15, 0.2) is 0 Å². The highest BCUT2D eigenvalue weighted by Crippen LogP contribution is 2.35. The summed E-state index contributed by atoms with van der Waals surface area (Å²) in [7, 11) is -1.58. The molecule has 0 aliphatic carbocycles. The summed E-state index contributed by atoms with van der Waals surface area (Å²) in [4.78, 5) is 12.2. The van der Waals surface area contributed by atoms with Crippen LogP contribution in [0.5, 0.6) is 11.5 Å².